The second-order valence-electron chi connectivity index (χ2n) is 4.96. The van der Waals surface area contributed by atoms with Crippen LogP contribution in [-0.2, 0) is 14.8 Å². The van der Waals surface area contributed by atoms with Crippen molar-refractivity contribution in [1.82, 2.24) is 4.31 Å². The number of carboxylic acids is 1. The highest BCUT2D eigenvalue weighted by Crippen LogP contribution is 2.27. The van der Waals surface area contributed by atoms with E-state index >= 15 is 0 Å². The van der Waals surface area contributed by atoms with E-state index in [1.54, 1.807) is 6.92 Å². The predicted molar refractivity (Wildman–Crippen MR) is 74.2 cm³/mol. The first-order chi connectivity index (χ1) is 9.75. The van der Waals surface area contributed by atoms with Gasteiger partial charge in [0.25, 0.3) is 0 Å². The number of nitrogens with two attached hydrogens (primary N) is 1. The number of aromatic carboxylic acids is 1. The molecule has 1 aliphatic heterocycles. The standard InChI is InChI=1S/C13H16N2O5S/c1-8-4-5-9(7-10(8)13(17)18)21(19,20)15-6-2-3-11(15)12(14)16/h4-5,7,11H,2-3,6H2,1H3,(H2,14,16)(H,17,18)/t11-/m0/s1. The number of aryl methyl sites for hydroxylation is 1. The van der Waals surface area contributed by atoms with Crippen molar-refractivity contribution in [2.75, 3.05) is 6.54 Å². The van der Waals surface area contributed by atoms with E-state index in [4.69, 9.17) is 10.8 Å². The van der Waals surface area contributed by atoms with E-state index in [0.29, 0.717) is 18.4 Å². The van der Waals surface area contributed by atoms with Crippen LogP contribution in [0.4, 0.5) is 0 Å². The van der Waals surface area contributed by atoms with Gasteiger partial charge in [0.1, 0.15) is 6.04 Å². The van der Waals surface area contributed by atoms with Crippen LogP contribution in [0, 0.1) is 6.92 Å². The third kappa shape index (κ3) is 2.77. The largest absolute Gasteiger partial charge is 0.478 e. The van der Waals surface area contributed by atoms with Crippen LogP contribution < -0.4 is 5.73 Å². The summed E-state index contributed by atoms with van der Waals surface area (Å²) in [5, 5.41) is 9.08. The number of amides is 1. The molecular weight excluding hydrogens is 296 g/mol. The van der Waals surface area contributed by atoms with Crippen LogP contribution in [-0.4, -0.2) is 42.3 Å². The molecule has 1 aliphatic rings. The topological polar surface area (TPSA) is 118 Å². The van der Waals surface area contributed by atoms with Crippen LogP contribution in [0.3, 0.4) is 0 Å². The minimum absolute atomic E-state index is 0.0779. The van der Waals surface area contributed by atoms with Crippen molar-refractivity contribution in [3.05, 3.63) is 29.3 Å². The fourth-order valence-electron chi connectivity index (χ4n) is 2.44. The molecule has 1 aromatic carbocycles. The molecule has 0 aromatic heterocycles. The second-order valence-corrected chi connectivity index (χ2v) is 6.85. The Hall–Kier alpha value is -1.93. The third-order valence-corrected chi connectivity index (χ3v) is 5.48. The highest BCUT2D eigenvalue weighted by Gasteiger charge is 2.38. The number of hydrogen-bond donors (Lipinski definition) is 2. The number of carbonyl (C=O) groups excluding carboxylic acids is 1. The number of carbonyl (C=O) groups is 2. The van der Waals surface area contributed by atoms with Crippen LogP contribution in [0.5, 0.6) is 0 Å². The molecule has 0 aliphatic carbocycles. The van der Waals surface area contributed by atoms with Gasteiger partial charge in [-0.15, -0.1) is 0 Å². The van der Waals surface area contributed by atoms with E-state index in [1.165, 1.54) is 12.1 Å². The summed E-state index contributed by atoms with van der Waals surface area (Å²) in [4.78, 5) is 22.3. The van der Waals surface area contributed by atoms with Crippen LogP contribution >= 0.6 is 0 Å². The lowest BCUT2D eigenvalue weighted by atomic mass is 10.1. The molecule has 0 spiro atoms. The van der Waals surface area contributed by atoms with Gasteiger partial charge in [0.15, 0.2) is 0 Å². The molecule has 1 saturated heterocycles. The molecule has 1 aromatic rings. The molecule has 1 atom stereocenters. The first-order valence-corrected chi connectivity index (χ1v) is 7.84. The molecule has 0 saturated carbocycles. The van der Waals surface area contributed by atoms with Gasteiger partial charge in [-0.25, -0.2) is 13.2 Å². The lowest BCUT2D eigenvalue weighted by Crippen LogP contribution is -2.43. The van der Waals surface area contributed by atoms with E-state index in [9.17, 15) is 18.0 Å². The van der Waals surface area contributed by atoms with Gasteiger partial charge in [0.2, 0.25) is 15.9 Å². The molecule has 1 amide bonds. The Balaban J connectivity index is 2.47. The maximum atomic E-state index is 12.6. The summed E-state index contributed by atoms with van der Waals surface area (Å²) in [7, 11) is -3.94. The van der Waals surface area contributed by atoms with E-state index in [-0.39, 0.29) is 17.0 Å². The number of benzene rings is 1. The SMILES string of the molecule is Cc1ccc(S(=O)(=O)N2CCC[C@H]2C(N)=O)cc1C(=O)O. The highest BCUT2D eigenvalue weighted by molar-refractivity contribution is 7.89. The van der Waals surface area contributed by atoms with Gasteiger partial charge in [0.05, 0.1) is 10.5 Å². The Kier molecular flexibility index (Phi) is 4.02. The Morgan fingerprint density at radius 3 is 2.62 bits per heavy atom. The Bertz CT molecular complexity index is 699. The predicted octanol–water partition coefficient (Wildman–Crippen LogP) is 0.332. The summed E-state index contributed by atoms with van der Waals surface area (Å²) in [6.07, 6.45) is 0.927. The summed E-state index contributed by atoms with van der Waals surface area (Å²) in [5.74, 6) is -1.89. The molecule has 1 fully saturated rings. The second kappa shape index (κ2) is 5.45. The summed E-state index contributed by atoms with van der Waals surface area (Å²) >= 11 is 0. The van der Waals surface area contributed by atoms with Crippen molar-refractivity contribution < 1.29 is 23.1 Å². The molecule has 21 heavy (non-hydrogen) atoms. The summed E-state index contributed by atoms with van der Waals surface area (Å²) in [6.45, 7) is 1.79. The molecule has 3 N–H and O–H groups in total. The average molecular weight is 312 g/mol. The fourth-order valence-corrected chi connectivity index (χ4v) is 4.13. The fraction of sp³-hybridized carbons (Fsp3) is 0.385. The van der Waals surface area contributed by atoms with Gasteiger partial charge < -0.3 is 10.8 Å². The lowest BCUT2D eigenvalue weighted by molar-refractivity contribution is -0.121. The van der Waals surface area contributed by atoms with Crippen molar-refractivity contribution in [2.24, 2.45) is 5.73 Å². The molecule has 7 nitrogen and oxygen atoms in total. The summed E-state index contributed by atoms with van der Waals surface area (Å²) < 4.78 is 26.2. The third-order valence-electron chi connectivity index (χ3n) is 3.58. The van der Waals surface area contributed by atoms with Gasteiger partial charge in [-0.05, 0) is 37.5 Å². The highest BCUT2D eigenvalue weighted by atomic mass is 32.2. The normalized spacial score (nSPS) is 19.6. The molecular formula is C13H16N2O5S. The minimum atomic E-state index is -3.94. The van der Waals surface area contributed by atoms with Crippen molar-refractivity contribution in [3.63, 3.8) is 0 Å². The van der Waals surface area contributed by atoms with Crippen LogP contribution in [0.15, 0.2) is 23.1 Å². The molecule has 2 rings (SSSR count). The summed E-state index contributed by atoms with van der Waals surface area (Å²) in [6, 6.07) is 3.02. The van der Waals surface area contributed by atoms with Gasteiger partial charge in [-0.2, -0.15) is 4.31 Å². The monoisotopic (exact) mass is 312 g/mol. The zero-order valence-electron chi connectivity index (χ0n) is 11.4. The Morgan fingerprint density at radius 1 is 1.38 bits per heavy atom. The van der Waals surface area contributed by atoms with Crippen LogP contribution in [0.25, 0.3) is 0 Å². The molecule has 0 bridgehead atoms. The Labute approximate surface area is 122 Å². The number of rotatable bonds is 4. The van der Waals surface area contributed by atoms with Gasteiger partial charge >= 0.3 is 5.97 Å². The smallest absolute Gasteiger partial charge is 0.335 e. The molecule has 8 heteroatoms. The average Bonchev–Trinajstić information content (AvgIpc) is 2.88. The maximum Gasteiger partial charge on any atom is 0.335 e. The first kappa shape index (κ1) is 15.5. The van der Waals surface area contributed by atoms with E-state index in [0.717, 1.165) is 10.4 Å². The zero-order chi connectivity index (χ0) is 15.8. The number of carboxylic acid groups (broad SMARTS) is 1. The number of primary amides is 1. The summed E-state index contributed by atoms with van der Waals surface area (Å²) in [5.41, 5.74) is 5.62. The molecule has 1 heterocycles. The van der Waals surface area contributed by atoms with Crippen molar-refractivity contribution in [2.45, 2.75) is 30.7 Å². The minimum Gasteiger partial charge on any atom is -0.478 e. The van der Waals surface area contributed by atoms with Crippen molar-refractivity contribution in [3.8, 4) is 0 Å². The van der Waals surface area contributed by atoms with Gasteiger partial charge in [0, 0.05) is 6.54 Å². The van der Waals surface area contributed by atoms with E-state index in [1.807, 2.05) is 0 Å². The molecule has 0 radical (unpaired) electrons. The first-order valence-electron chi connectivity index (χ1n) is 6.40. The number of hydrogen-bond acceptors (Lipinski definition) is 4. The number of sulfonamides is 1. The molecule has 114 valence electrons. The Morgan fingerprint density at radius 2 is 2.05 bits per heavy atom. The van der Waals surface area contributed by atoms with Crippen molar-refractivity contribution in [1.29, 1.82) is 0 Å². The van der Waals surface area contributed by atoms with Crippen LogP contribution in [0.1, 0.15) is 28.8 Å². The van der Waals surface area contributed by atoms with E-state index in [2.05, 4.69) is 0 Å². The number of nitrogens with zero attached hydrogens (tertiary/aromatic N) is 1. The van der Waals surface area contributed by atoms with Crippen LogP contribution in [0.2, 0.25) is 0 Å². The van der Waals surface area contributed by atoms with Crippen molar-refractivity contribution >= 4 is 21.9 Å². The zero-order valence-corrected chi connectivity index (χ0v) is 12.3. The van der Waals surface area contributed by atoms with E-state index < -0.39 is 27.9 Å². The van der Waals surface area contributed by atoms with Gasteiger partial charge in [-0.3, -0.25) is 4.79 Å². The van der Waals surface area contributed by atoms with Gasteiger partial charge in [-0.1, -0.05) is 6.07 Å². The lowest BCUT2D eigenvalue weighted by Gasteiger charge is -2.22. The molecule has 0 unspecified atom stereocenters. The maximum absolute atomic E-state index is 12.6. The quantitative estimate of drug-likeness (QED) is 0.830.